The number of benzene rings is 1. The first-order chi connectivity index (χ1) is 8.18. The van der Waals surface area contributed by atoms with Crippen LogP contribution in [-0.4, -0.2) is 10.9 Å². The van der Waals surface area contributed by atoms with Crippen molar-refractivity contribution >= 4 is 34.8 Å². The zero-order valence-corrected chi connectivity index (χ0v) is 10.2. The second-order valence-electron chi connectivity index (χ2n) is 3.29. The summed E-state index contributed by atoms with van der Waals surface area (Å²) in [5.74, 6) is -0.298. The highest BCUT2D eigenvalue weighted by Gasteiger charge is 2.10. The fourth-order valence-corrected chi connectivity index (χ4v) is 1.79. The van der Waals surface area contributed by atoms with Gasteiger partial charge < -0.3 is 5.32 Å². The molecule has 0 fully saturated rings. The van der Waals surface area contributed by atoms with Crippen molar-refractivity contribution in [1.29, 1.82) is 0 Å². The van der Waals surface area contributed by atoms with Gasteiger partial charge in [-0.1, -0.05) is 29.3 Å². The minimum Gasteiger partial charge on any atom is -0.319 e. The van der Waals surface area contributed by atoms with Gasteiger partial charge in [0.1, 0.15) is 0 Å². The molecule has 1 aromatic heterocycles. The number of pyridine rings is 1. The molecule has 1 aromatic carbocycles. The molecule has 0 radical (unpaired) electrons. The number of carbonyl (C=O) groups excluding carboxylic acids is 1. The molecule has 1 heterocycles. The van der Waals surface area contributed by atoms with Crippen molar-refractivity contribution in [2.45, 2.75) is 0 Å². The average molecular weight is 267 g/mol. The van der Waals surface area contributed by atoms with E-state index in [2.05, 4.69) is 10.3 Å². The molecule has 5 heteroatoms. The third-order valence-corrected chi connectivity index (χ3v) is 2.75. The van der Waals surface area contributed by atoms with E-state index in [-0.39, 0.29) is 5.91 Å². The SMILES string of the molecule is O=C(Nc1c(Cl)cccc1Cl)c1cccnc1. The third kappa shape index (κ3) is 2.75. The molecule has 0 aliphatic heterocycles. The fourth-order valence-electron chi connectivity index (χ4n) is 1.30. The molecule has 2 aromatic rings. The van der Waals surface area contributed by atoms with E-state index in [1.165, 1.54) is 6.20 Å². The van der Waals surface area contributed by atoms with Crippen molar-refractivity contribution in [2.75, 3.05) is 5.32 Å². The molecule has 2 rings (SSSR count). The predicted molar refractivity (Wildman–Crippen MR) is 68.7 cm³/mol. The van der Waals surface area contributed by atoms with E-state index in [0.717, 1.165) is 0 Å². The predicted octanol–water partition coefficient (Wildman–Crippen LogP) is 3.64. The average Bonchev–Trinajstić information content (AvgIpc) is 2.35. The number of hydrogen-bond acceptors (Lipinski definition) is 2. The van der Waals surface area contributed by atoms with Gasteiger partial charge in [0.05, 0.1) is 21.3 Å². The highest BCUT2D eigenvalue weighted by Crippen LogP contribution is 2.30. The Bertz CT molecular complexity index is 523. The van der Waals surface area contributed by atoms with Crippen LogP contribution in [0.3, 0.4) is 0 Å². The maximum Gasteiger partial charge on any atom is 0.257 e. The lowest BCUT2D eigenvalue weighted by Gasteiger charge is -2.08. The molecule has 0 unspecified atom stereocenters. The number of nitrogens with zero attached hydrogens (tertiary/aromatic N) is 1. The summed E-state index contributed by atoms with van der Waals surface area (Å²) in [7, 11) is 0. The largest absolute Gasteiger partial charge is 0.319 e. The van der Waals surface area contributed by atoms with E-state index in [1.807, 2.05) is 0 Å². The van der Waals surface area contributed by atoms with Crippen LogP contribution in [0.4, 0.5) is 5.69 Å². The number of amides is 1. The van der Waals surface area contributed by atoms with Crippen LogP contribution in [0, 0.1) is 0 Å². The summed E-state index contributed by atoms with van der Waals surface area (Å²) < 4.78 is 0. The van der Waals surface area contributed by atoms with Crippen molar-refractivity contribution in [3.8, 4) is 0 Å². The molecule has 1 N–H and O–H groups in total. The molecule has 17 heavy (non-hydrogen) atoms. The van der Waals surface area contributed by atoms with Crippen LogP contribution in [-0.2, 0) is 0 Å². The molecule has 0 bridgehead atoms. The number of para-hydroxylation sites is 1. The quantitative estimate of drug-likeness (QED) is 0.902. The molecule has 0 saturated heterocycles. The lowest BCUT2D eigenvalue weighted by Crippen LogP contribution is -2.12. The van der Waals surface area contributed by atoms with Crippen LogP contribution in [0.5, 0.6) is 0 Å². The molecule has 3 nitrogen and oxygen atoms in total. The van der Waals surface area contributed by atoms with Crippen LogP contribution < -0.4 is 5.32 Å². The number of carbonyl (C=O) groups is 1. The second-order valence-corrected chi connectivity index (χ2v) is 4.11. The van der Waals surface area contributed by atoms with Gasteiger partial charge in [0.2, 0.25) is 0 Å². The van der Waals surface area contributed by atoms with E-state index in [0.29, 0.717) is 21.3 Å². The highest BCUT2D eigenvalue weighted by atomic mass is 35.5. The van der Waals surface area contributed by atoms with E-state index < -0.39 is 0 Å². The zero-order valence-electron chi connectivity index (χ0n) is 8.65. The summed E-state index contributed by atoms with van der Waals surface area (Å²) in [6.45, 7) is 0. The maximum atomic E-state index is 11.9. The van der Waals surface area contributed by atoms with Crippen molar-refractivity contribution in [3.05, 3.63) is 58.3 Å². The lowest BCUT2D eigenvalue weighted by atomic mass is 10.2. The van der Waals surface area contributed by atoms with Crippen LogP contribution in [0.2, 0.25) is 10.0 Å². The second kappa shape index (κ2) is 5.17. The molecule has 0 saturated carbocycles. The monoisotopic (exact) mass is 266 g/mol. The lowest BCUT2D eigenvalue weighted by molar-refractivity contribution is 0.102. The molecule has 0 atom stereocenters. The number of hydrogen-bond donors (Lipinski definition) is 1. The Labute approximate surface area is 108 Å². The first kappa shape index (κ1) is 11.9. The van der Waals surface area contributed by atoms with Gasteiger partial charge in [0.25, 0.3) is 5.91 Å². The Morgan fingerprint density at radius 2 is 1.82 bits per heavy atom. The van der Waals surface area contributed by atoms with E-state index in [9.17, 15) is 4.79 Å². The van der Waals surface area contributed by atoms with Crippen LogP contribution >= 0.6 is 23.2 Å². The summed E-state index contributed by atoms with van der Waals surface area (Å²) in [6.07, 6.45) is 3.07. The summed E-state index contributed by atoms with van der Waals surface area (Å²) in [4.78, 5) is 15.7. The summed E-state index contributed by atoms with van der Waals surface area (Å²) in [5, 5.41) is 3.45. The molecular weight excluding hydrogens is 259 g/mol. The van der Waals surface area contributed by atoms with Gasteiger partial charge in [-0.15, -0.1) is 0 Å². The number of nitrogens with one attached hydrogen (secondary N) is 1. The van der Waals surface area contributed by atoms with Gasteiger partial charge in [-0.25, -0.2) is 0 Å². The van der Waals surface area contributed by atoms with Gasteiger partial charge in [-0.05, 0) is 24.3 Å². The Morgan fingerprint density at radius 1 is 1.12 bits per heavy atom. The van der Waals surface area contributed by atoms with Gasteiger partial charge in [0.15, 0.2) is 0 Å². The van der Waals surface area contributed by atoms with E-state index in [4.69, 9.17) is 23.2 Å². The maximum absolute atomic E-state index is 11.9. The van der Waals surface area contributed by atoms with Crippen molar-refractivity contribution in [1.82, 2.24) is 4.98 Å². The summed E-state index contributed by atoms with van der Waals surface area (Å²) in [6, 6.07) is 8.37. The number of anilines is 1. The van der Waals surface area contributed by atoms with Gasteiger partial charge in [-0.2, -0.15) is 0 Å². The number of halogens is 2. The summed E-state index contributed by atoms with van der Waals surface area (Å²) >= 11 is 11.9. The van der Waals surface area contributed by atoms with Crippen LogP contribution in [0.15, 0.2) is 42.7 Å². The standard InChI is InChI=1S/C12H8Cl2N2O/c13-9-4-1-5-10(14)11(9)16-12(17)8-3-2-6-15-7-8/h1-7H,(H,16,17). The Morgan fingerprint density at radius 3 is 2.41 bits per heavy atom. The molecule has 1 amide bonds. The van der Waals surface area contributed by atoms with Crippen molar-refractivity contribution in [2.24, 2.45) is 0 Å². The van der Waals surface area contributed by atoms with Gasteiger partial charge in [-0.3, -0.25) is 9.78 Å². The normalized spacial score (nSPS) is 10.0. The number of aromatic nitrogens is 1. The topological polar surface area (TPSA) is 42.0 Å². The zero-order chi connectivity index (χ0) is 12.3. The van der Waals surface area contributed by atoms with Crippen LogP contribution in [0.1, 0.15) is 10.4 Å². The molecule has 0 spiro atoms. The highest BCUT2D eigenvalue weighted by molar-refractivity contribution is 6.40. The first-order valence-corrected chi connectivity index (χ1v) is 5.59. The molecular formula is C12H8Cl2N2O. The van der Waals surface area contributed by atoms with Crippen molar-refractivity contribution in [3.63, 3.8) is 0 Å². The third-order valence-electron chi connectivity index (χ3n) is 2.13. The fraction of sp³-hybridized carbons (Fsp3) is 0. The van der Waals surface area contributed by atoms with Gasteiger partial charge >= 0.3 is 0 Å². The number of rotatable bonds is 2. The Kier molecular flexibility index (Phi) is 3.61. The molecule has 86 valence electrons. The van der Waals surface area contributed by atoms with Crippen LogP contribution in [0.25, 0.3) is 0 Å². The molecule has 0 aliphatic carbocycles. The minimum atomic E-state index is -0.298. The first-order valence-electron chi connectivity index (χ1n) is 4.84. The van der Waals surface area contributed by atoms with Gasteiger partial charge in [0, 0.05) is 12.4 Å². The Balaban J connectivity index is 2.25. The van der Waals surface area contributed by atoms with E-state index >= 15 is 0 Å². The molecule has 0 aliphatic rings. The minimum absolute atomic E-state index is 0.298. The van der Waals surface area contributed by atoms with Crippen molar-refractivity contribution < 1.29 is 4.79 Å². The van der Waals surface area contributed by atoms with E-state index in [1.54, 1.807) is 36.5 Å². The smallest absolute Gasteiger partial charge is 0.257 e. The summed E-state index contributed by atoms with van der Waals surface area (Å²) in [5.41, 5.74) is 0.855. The Hall–Kier alpha value is -1.58.